The van der Waals surface area contributed by atoms with Crippen molar-refractivity contribution in [3.05, 3.63) is 23.8 Å². The number of likely N-dealkylation sites (tertiary alicyclic amines) is 1. The van der Waals surface area contributed by atoms with Gasteiger partial charge in [0.2, 0.25) is 5.91 Å². The SMILES string of the molecule is CN1CCC(=O)Nc2cc(C(=O)N3CC4CCC(N)C4C3)ccc21.Cl. The van der Waals surface area contributed by atoms with Crippen LogP contribution in [-0.2, 0) is 4.79 Å². The Kier molecular flexibility index (Phi) is 4.93. The fraction of sp³-hybridized carbons (Fsp3) is 0.556. The van der Waals surface area contributed by atoms with E-state index in [9.17, 15) is 9.59 Å². The van der Waals surface area contributed by atoms with E-state index in [2.05, 4.69) is 5.32 Å². The predicted octanol–water partition coefficient (Wildman–Crippen LogP) is 1.70. The summed E-state index contributed by atoms with van der Waals surface area (Å²) in [7, 11) is 1.96. The second-order valence-corrected chi connectivity index (χ2v) is 7.33. The second-order valence-electron chi connectivity index (χ2n) is 7.33. The number of nitrogens with two attached hydrogens (primary N) is 1. The van der Waals surface area contributed by atoms with Crippen LogP contribution in [0.3, 0.4) is 0 Å². The molecule has 1 aromatic carbocycles. The quantitative estimate of drug-likeness (QED) is 0.795. The first-order valence-corrected chi connectivity index (χ1v) is 8.73. The molecule has 0 radical (unpaired) electrons. The van der Waals surface area contributed by atoms with Gasteiger partial charge in [0, 0.05) is 44.7 Å². The molecule has 0 bridgehead atoms. The van der Waals surface area contributed by atoms with E-state index in [4.69, 9.17) is 5.73 Å². The van der Waals surface area contributed by atoms with Crippen molar-refractivity contribution in [2.45, 2.75) is 25.3 Å². The minimum absolute atomic E-state index is 0. The van der Waals surface area contributed by atoms with Crippen LogP contribution in [-0.4, -0.2) is 49.4 Å². The number of rotatable bonds is 1. The Morgan fingerprint density at radius 3 is 2.84 bits per heavy atom. The Morgan fingerprint density at radius 2 is 2.08 bits per heavy atom. The Hall–Kier alpha value is -1.79. The van der Waals surface area contributed by atoms with Gasteiger partial charge in [0.15, 0.2) is 0 Å². The van der Waals surface area contributed by atoms with Crippen LogP contribution in [0.2, 0.25) is 0 Å². The van der Waals surface area contributed by atoms with Gasteiger partial charge >= 0.3 is 0 Å². The number of nitrogens with zero attached hydrogens (tertiary/aromatic N) is 2. The van der Waals surface area contributed by atoms with Crippen LogP contribution in [0.4, 0.5) is 11.4 Å². The lowest BCUT2D eigenvalue weighted by atomic mass is 9.98. The third-order valence-electron chi connectivity index (χ3n) is 5.80. The first kappa shape index (κ1) is 18.0. The predicted molar refractivity (Wildman–Crippen MR) is 100 cm³/mol. The number of benzene rings is 1. The van der Waals surface area contributed by atoms with E-state index in [0.29, 0.717) is 30.4 Å². The molecule has 1 aliphatic carbocycles. The van der Waals surface area contributed by atoms with Gasteiger partial charge in [-0.3, -0.25) is 9.59 Å². The highest BCUT2D eigenvalue weighted by molar-refractivity contribution is 6.01. The minimum Gasteiger partial charge on any atom is -0.372 e. The zero-order chi connectivity index (χ0) is 16.8. The molecule has 2 heterocycles. The van der Waals surface area contributed by atoms with Crippen molar-refractivity contribution in [1.29, 1.82) is 0 Å². The molecule has 1 saturated heterocycles. The number of anilines is 2. The van der Waals surface area contributed by atoms with Crippen molar-refractivity contribution in [3.63, 3.8) is 0 Å². The molecule has 3 aliphatic rings. The number of carbonyl (C=O) groups is 2. The van der Waals surface area contributed by atoms with E-state index in [1.165, 1.54) is 0 Å². The smallest absolute Gasteiger partial charge is 0.253 e. The molecule has 3 N–H and O–H groups in total. The first-order chi connectivity index (χ1) is 11.5. The van der Waals surface area contributed by atoms with E-state index in [1.54, 1.807) is 0 Å². The number of nitrogens with one attached hydrogen (secondary N) is 1. The van der Waals surface area contributed by atoms with Crippen LogP contribution >= 0.6 is 12.4 Å². The summed E-state index contributed by atoms with van der Waals surface area (Å²) < 4.78 is 0. The summed E-state index contributed by atoms with van der Waals surface area (Å²) >= 11 is 0. The minimum atomic E-state index is -0.00752. The summed E-state index contributed by atoms with van der Waals surface area (Å²) in [6.07, 6.45) is 2.66. The Morgan fingerprint density at radius 1 is 1.28 bits per heavy atom. The third-order valence-corrected chi connectivity index (χ3v) is 5.80. The van der Waals surface area contributed by atoms with Gasteiger partial charge in [0.05, 0.1) is 11.4 Å². The summed E-state index contributed by atoms with van der Waals surface area (Å²) in [5.74, 6) is 1.03. The molecular formula is C18H25ClN4O2. The molecule has 2 fully saturated rings. The number of halogens is 1. The Labute approximate surface area is 154 Å². The highest BCUT2D eigenvalue weighted by atomic mass is 35.5. The molecule has 3 atom stereocenters. The number of amides is 2. The van der Waals surface area contributed by atoms with Crippen molar-refractivity contribution >= 4 is 35.6 Å². The molecule has 7 heteroatoms. The molecule has 2 aliphatic heterocycles. The van der Waals surface area contributed by atoms with Gasteiger partial charge < -0.3 is 20.9 Å². The standard InChI is InChI=1S/C18H24N4O2.ClH/c1-21-7-6-17(23)20-15-8-11(3-5-16(15)21)18(24)22-9-12-2-4-14(19)13(12)10-22;/h3,5,8,12-14H,2,4,6-7,9-10,19H2,1H3,(H,20,23);1H. The zero-order valence-corrected chi connectivity index (χ0v) is 15.2. The topological polar surface area (TPSA) is 78.7 Å². The monoisotopic (exact) mass is 364 g/mol. The fourth-order valence-electron chi connectivity index (χ4n) is 4.36. The van der Waals surface area contributed by atoms with Crippen LogP contribution in [0.1, 0.15) is 29.6 Å². The third kappa shape index (κ3) is 3.20. The number of hydrogen-bond acceptors (Lipinski definition) is 4. The lowest BCUT2D eigenvalue weighted by molar-refractivity contribution is -0.115. The maximum Gasteiger partial charge on any atom is 0.253 e. The van der Waals surface area contributed by atoms with Crippen molar-refractivity contribution < 1.29 is 9.59 Å². The lowest BCUT2D eigenvalue weighted by Gasteiger charge is -2.21. The van der Waals surface area contributed by atoms with E-state index < -0.39 is 0 Å². The van der Waals surface area contributed by atoms with Gasteiger partial charge in [0.1, 0.15) is 0 Å². The largest absolute Gasteiger partial charge is 0.372 e. The molecular weight excluding hydrogens is 340 g/mol. The van der Waals surface area contributed by atoms with E-state index in [0.717, 1.165) is 37.3 Å². The maximum absolute atomic E-state index is 12.9. The summed E-state index contributed by atoms with van der Waals surface area (Å²) in [6, 6.07) is 5.83. The number of fused-ring (bicyclic) bond motifs is 2. The van der Waals surface area contributed by atoms with Crippen molar-refractivity contribution in [2.75, 3.05) is 36.9 Å². The van der Waals surface area contributed by atoms with Crippen molar-refractivity contribution in [1.82, 2.24) is 4.90 Å². The highest BCUT2D eigenvalue weighted by Gasteiger charge is 2.42. The van der Waals surface area contributed by atoms with Crippen molar-refractivity contribution in [3.8, 4) is 0 Å². The molecule has 3 unspecified atom stereocenters. The summed E-state index contributed by atoms with van der Waals surface area (Å²) in [5.41, 5.74) is 8.49. The molecule has 4 rings (SSSR count). The molecule has 1 aromatic rings. The highest BCUT2D eigenvalue weighted by Crippen LogP contribution is 2.38. The molecule has 25 heavy (non-hydrogen) atoms. The van der Waals surface area contributed by atoms with Gasteiger partial charge in [-0.2, -0.15) is 0 Å². The van der Waals surface area contributed by atoms with Gasteiger partial charge in [0.25, 0.3) is 5.91 Å². The van der Waals surface area contributed by atoms with Crippen LogP contribution in [0.25, 0.3) is 0 Å². The van der Waals surface area contributed by atoms with Crippen LogP contribution < -0.4 is 16.0 Å². The first-order valence-electron chi connectivity index (χ1n) is 8.73. The second kappa shape index (κ2) is 6.84. The van der Waals surface area contributed by atoms with Crippen LogP contribution in [0, 0.1) is 11.8 Å². The molecule has 136 valence electrons. The molecule has 6 nitrogen and oxygen atoms in total. The van der Waals surface area contributed by atoms with E-state index in [1.807, 2.05) is 35.0 Å². The lowest BCUT2D eigenvalue weighted by Crippen LogP contribution is -2.33. The average Bonchev–Trinajstić information content (AvgIpc) is 3.10. The summed E-state index contributed by atoms with van der Waals surface area (Å²) in [4.78, 5) is 28.7. The Bertz CT molecular complexity index is 696. The van der Waals surface area contributed by atoms with Crippen LogP contribution in [0.5, 0.6) is 0 Å². The molecule has 1 saturated carbocycles. The number of carbonyl (C=O) groups excluding carboxylic acids is 2. The Balaban J connectivity index is 0.00000182. The fourth-order valence-corrected chi connectivity index (χ4v) is 4.36. The summed E-state index contributed by atoms with van der Waals surface area (Å²) in [5, 5.41) is 2.91. The average molecular weight is 365 g/mol. The van der Waals surface area contributed by atoms with Gasteiger partial charge in [-0.1, -0.05) is 0 Å². The van der Waals surface area contributed by atoms with Gasteiger partial charge in [-0.25, -0.2) is 0 Å². The zero-order valence-electron chi connectivity index (χ0n) is 14.4. The molecule has 2 amide bonds. The molecule has 0 spiro atoms. The van der Waals surface area contributed by atoms with Gasteiger partial charge in [-0.15, -0.1) is 12.4 Å². The molecule has 0 aromatic heterocycles. The van der Waals surface area contributed by atoms with E-state index >= 15 is 0 Å². The number of hydrogen-bond donors (Lipinski definition) is 2. The summed E-state index contributed by atoms with van der Waals surface area (Å²) in [6.45, 7) is 2.24. The van der Waals surface area contributed by atoms with E-state index in [-0.39, 0.29) is 30.3 Å². The van der Waals surface area contributed by atoms with Crippen molar-refractivity contribution in [2.24, 2.45) is 17.6 Å². The normalized spacial score (nSPS) is 27.9. The van der Waals surface area contributed by atoms with Gasteiger partial charge in [-0.05, 0) is 42.9 Å². The maximum atomic E-state index is 12.9. The van der Waals surface area contributed by atoms with Crippen LogP contribution in [0.15, 0.2) is 18.2 Å².